The first-order chi connectivity index (χ1) is 12.9. The van der Waals surface area contributed by atoms with Crippen LogP contribution in [0.15, 0.2) is 36.4 Å². The number of hydrogen-bond acceptors (Lipinski definition) is 5. The first-order valence-corrected chi connectivity index (χ1v) is 11.2. The van der Waals surface area contributed by atoms with Gasteiger partial charge in [0.15, 0.2) is 6.79 Å². The summed E-state index contributed by atoms with van der Waals surface area (Å²) in [5.74, 6) is 0.660. The lowest BCUT2D eigenvalue weighted by Gasteiger charge is -2.29. The van der Waals surface area contributed by atoms with Crippen LogP contribution in [0.3, 0.4) is 0 Å². The zero-order chi connectivity index (χ0) is 21.1. The second kappa shape index (κ2) is 8.76. The van der Waals surface area contributed by atoms with Crippen LogP contribution in [0.2, 0.25) is 0 Å². The fraction of sp³-hybridized carbons (Fsp3) is 0.381. The van der Waals surface area contributed by atoms with Gasteiger partial charge in [0.2, 0.25) is 10.0 Å². The summed E-state index contributed by atoms with van der Waals surface area (Å²) in [5.41, 5.74) is 4.08. The van der Waals surface area contributed by atoms with Crippen molar-refractivity contribution in [3.8, 4) is 5.75 Å². The van der Waals surface area contributed by atoms with Crippen LogP contribution in [-0.4, -0.2) is 28.6 Å². The SMILES string of the molecule is [CH2]c1ccc(C(C)(C)C)c(C(S)c2ccc(NS(C)(=O)=O)cc2)c1OCOC. The molecule has 0 bridgehead atoms. The summed E-state index contributed by atoms with van der Waals surface area (Å²) in [7, 11) is -1.75. The van der Waals surface area contributed by atoms with Crippen LogP contribution >= 0.6 is 12.6 Å². The number of nitrogens with one attached hydrogen (secondary N) is 1. The second-order valence-electron chi connectivity index (χ2n) is 7.71. The third kappa shape index (κ3) is 5.65. The largest absolute Gasteiger partial charge is 0.467 e. The summed E-state index contributed by atoms with van der Waals surface area (Å²) >= 11 is 4.88. The molecule has 0 aromatic heterocycles. The molecule has 2 rings (SSSR count). The standard InChI is InChI=1S/C21H28NO4S2/c1-14-7-12-17(21(2,3)4)18(19(14)26-13-25-5)20(27)15-8-10-16(11-9-15)22-28(6,23)24/h7-12,20,22,27H,1,13H2,2-6H3. The average Bonchev–Trinajstić information content (AvgIpc) is 2.58. The van der Waals surface area contributed by atoms with E-state index in [9.17, 15) is 8.42 Å². The van der Waals surface area contributed by atoms with Gasteiger partial charge < -0.3 is 9.47 Å². The van der Waals surface area contributed by atoms with Gasteiger partial charge in [-0.3, -0.25) is 4.72 Å². The maximum Gasteiger partial charge on any atom is 0.229 e. The van der Waals surface area contributed by atoms with Crippen molar-refractivity contribution in [3.63, 3.8) is 0 Å². The lowest BCUT2D eigenvalue weighted by Crippen LogP contribution is -2.17. The van der Waals surface area contributed by atoms with Gasteiger partial charge in [-0.05, 0) is 41.2 Å². The minimum absolute atomic E-state index is 0.112. The van der Waals surface area contributed by atoms with Crippen molar-refractivity contribution in [2.24, 2.45) is 0 Å². The molecule has 0 aliphatic heterocycles. The Morgan fingerprint density at radius 3 is 2.25 bits per heavy atom. The van der Waals surface area contributed by atoms with Gasteiger partial charge in [-0.1, -0.05) is 45.0 Å². The summed E-state index contributed by atoms with van der Waals surface area (Å²) < 4.78 is 36.2. The Kier molecular flexibility index (Phi) is 7.07. The predicted molar refractivity (Wildman–Crippen MR) is 118 cm³/mol. The van der Waals surface area contributed by atoms with Gasteiger partial charge in [0.05, 0.1) is 11.5 Å². The zero-order valence-corrected chi connectivity index (χ0v) is 18.7. The van der Waals surface area contributed by atoms with Crippen molar-refractivity contribution in [2.75, 3.05) is 24.9 Å². The number of sulfonamides is 1. The molecule has 0 aliphatic carbocycles. The highest BCUT2D eigenvalue weighted by Crippen LogP contribution is 2.43. The maximum atomic E-state index is 11.4. The molecule has 0 saturated heterocycles. The Labute approximate surface area is 173 Å². The Balaban J connectivity index is 2.53. The van der Waals surface area contributed by atoms with Gasteiger partial charge in [-0.15, -0.1) is 0 Å². The van der Waals surface area contributed by atoms with Crippen LogP contribution in [0.25, 0.3) is 0 Å². The van der Waals surface area contributed by atoms with Crippen LogP contribution in [0.4, 0.5) is 5.69 Å². The molecule has 0 amide bonds. The number of methoxy groups -OCH3 is 1. The zero-order valence-electron chi connectivity index (χ0n) is 16.9. The lowest BCUT2D eigenvalue weighted by atomic mass is 9.80. The molecular weight excluding hydrogens is 394 g/mol. The van der Waals surface area contributed by atoms with E-state index >= 15 is 0 Å². The fourth-order valence-corrected chi connectivity index (χ4v) is 3.97. The molecule has 1 unspecified atom stereocenters. The lowest BCUT2D eigenvalue weighted by molar-refractivity contribution is 0.0500. The van der Waals surface area contributed by atoms with Gasteiger partial charge in [-0.25, -0.2) is 8.42 Å². The molecule has 153 valence electrons. The third-order valence-electron chi connectivity index (χ3n) is 4.21. The molecule has 0 heterocycles. The maximum absolute atomic E-state index is 11.4. The molecule has 2 aromatic carbocycles. The van der Waals surface area contributed by atoms with E-state index in [2.05, 4.69) is 38.5 Å². The molecule has 0 spiro atoms. The number of hydrogen-bond donors (Lipinski definition) is 2. The highest BCUT2D eigenvalue weighted by Gasteiger charge is 2.27. The summed E-state index contributed by atoms with van der Waals surface area (Å²) in [6, 6.07) is 11.1. The molecule has 28 heavy (non-hydrogen) atoms. The number of benzene rings is 2. The molecule has 0 aliphatic rings. The van der Waals surface area contributed by atoms with Gasteiger partial charge in [0.25, 0.3) is 0 Å². The van der Waals surface area contributed by atoms with E-state index in [1.54, 1.807) is 19.2 Å². The minimum Gasteiger partial charge on any atom is -0.467 e. The van der Waals surface area contributed by atoms with Gasteiger partial charge in [-0.2, -0.15) is 12.6 Å². The quantitative estimate of drug-likeness (QED) is 0.508. The Morgan fingerprint density at radius 2 is 1.75 bits per heavy atom. The van der Waals surface area contributed by atoms with Gasteiger partial charge in [0, 0.05) is 18.4 Å². The molecule has 2 aromatic rings. The summed E-state index contributed by atoms with van der Waals surface area (Å²) in [6.07, 6.45) is 1.12. The van der Waals surface area contributed by atoms with Crippen LogP contribution in [0.1, 0.15) is 48.3 Å². The first kappa shape index (κ1) is 22.6. The van der Waals surface area contributed by atoms with Gasteiger partial charge >= 0.3 is 0 Å². The van der Waals surface area contributed by atoms with Crippen molar-refractivity contribution in [3.05, 3.63) is 65.6 Å². The normalized spacial score (nSPS) is 13.2. The van der Waals surface area contributed by atoms with E-state index < -0.39 is 10.0 Å². The molecule has 0 saturated carbocycles. The minimum atomic E-state index is -3.32. The Hall–Kier alpha value is -1.70. The van der Waals surface area contributed by atoms with Crippen LogP contribution in [-0.2, 0) is 20.2 Å². The monoisotopic (exact) mass is 422 g/mol. The smallest absolute Gasteiger partial charge is 0.229 e. The number of ether oxygens (including phenoxy) is 2. The van der Waals surface area contributed by atoms with E-state index in [4.69, 9.17) is 22.1 Å². The Morgan fingerprint density at radius 1 is 1.14 bits per heavy atom. The average molecular weight is 423 g/mol. The molecule has 0 fully saturated rings. The topological polar surface area (TPSA) is 64.6 Å². The number of anilines is 1. The molecule has 1 atom stereocenters. The fourth-order valence-electron chi connectivity index (χ4n) is 2.97. The highest BCUT2D eigenvalue weighted by molar-refractivity contribution is 7.92. The molecule has 1 radical (unpaired) electrons. The molecule has 1 N–H and O–H groups in total. The van der Waals surface area contributed by atoms with Crippen molar-refractivity contribution in [1.29, 1.82) is 0 Å². The summed E-state index contributed by atoms with van der Waals surface area (Å²) in [6.45, 7) is 10.6. The number of thiol groups is 1. The van der Waals surface area contributed by atoms with E-state index in [1.807, 2.05) is 18.2 Å². The summed E-state index contributed by atoms with van der Waals surface area (Å²) in [5, 5.41) is -0.282. The number of rotatable bonds is 7. The third-order valence-corrected chi connectivity index (χ3v) is 5.37. The summed E-state index contributed by atoms with van der Waals surface area (Å²) in [4.78, 5) is 0. The second-order valence-corrected chi connectivity index (χ2v) is 9.98. The molecule has 5 nitrogen and oxygen atoms in total. The molecular formula is C21H28NO4S2. The van der Waals surface area contributed by atoms with E-state index in [0.717, 1.165) is 28.5 Å². The van der Waals surface area contributed by atoms with Crippen molar-refractivity contribution in [1.82, 2.24) is 0 Å². The van der Waals surface area contributed by atoms with Crippen LogP contribution in [0.5, 0.6) is 5.75 Å². The van der Waals surface area contributed by atoms with Crippen molar-refractivity contribution < 1.29 is 17.9 Å². The predicted octanol–water partition coefficient (Wildman–Crippen LogP) is 4.54. The van der Waals surface area contributed by atoms with Crippen LogP contribution in [0, 0.1) is 6.92 Å². The van der Waals surface area contributed by atoms with E-state index in [0.29, 0.717) is 11.4 Å². The van der Waals surface area contributed by atoms with Crippen molar-refractivity contribution >= 4 is 28.3 Å². The van der Waals surface area contributed by atoms with E-state index in [1.165, 1.54) is 0 Å². The Bertz CT molecular complexity index is 917. The van der Waals surface area contributed by atoms with Gasteiger partial charge in [0.1, 0.15) is 5.75 Å². The highest BCUT2D eigenvalue weighted by atomic mass is 32.2. The molecule has 7 heteroatoms. The van der Waals surface area contributed by atoms with Crippen LogP contribution < -0.4 is 9.46 Å². The first-order valence-electron chi connectivity index (χ1n) is 8.81. The van der Waals surface area contributed by atoms with Crippen molar-refractivity contribution in [2.45, 2.75) is 31.4 Å². The van der Waals surface area contributed by atoms with E-state index in [-0.39, 0.29) is 17.5 Å².